The van der Waals surface area contributed by atoms with Crippen LogP contribution in [0.15, 0.2) is 11.1 Å². The Morgan fingerprint density at radius 1 is 1.43 bits per heavy atom. The van der Waals surface area contributed by atoms with Crippen molar-refractivity contribution < 1.29 is 23.6 Å². The number of ether oxygens (including phenoxy) is 1. The fourth-order valence-corrected chi connectivity index (χ4v) is 1.76. The zero-order valence-corrected chi connectivity index (χ0v) is 11.0. The van der Waals surface area contributed by atoms with Crippen LogP contribution in [0.4, 0.5) is 5.95 Å². The predicted molar refractivity (Wildman–Crippen MR) is 73.7 cm³/mol. The second-order valence-corrected chi connectivity index (χ2v) is 4.94. The Morgan fingerprint density at radius 2 is 2.14 bits per heavy atom. The van der Waals surface area contributed by atoms with Crippen LogP contribution in [0.25, 0.3) is 11.2 Å². The first-order valence-electron chi connectivity index (χ1n) is 5.35. The third-order valence-corrected chi connectivity index (χ3v) is 2.73. The molecule has 0 spiro atoms. The Bertz CT molecular complexity index is 711. The third-order valence-electron chi connectivity index (χ3n) is 2.21. The molecule has 0 fully saturated rings. The van der Waals surface area contributed by atoms with Crippen LogP contribution in [0.2, 0.25) is 0 Å². The molecule has 0 bridgehead atoms. The molecule has 0 aliphatic carbocycles. The Labute approximate surface area is 160 Å². The summed E-state index contributed by atoms with van der Waals surface area (Å²) in [4.78, 5) is 38.5. The molecule has 0 aliphatic rings. The number of hydrogen-bond acceptors (Lipinski definition) is 7. The van der Waals surface area contributed by atoms with E-state index in [1.165, 1.54) is 10.9 Å². The number of imidazole rings is 1. The molecule has 2 heterocycles. The van der Waals surface area contributed by atoms with E-state index in [1.807, 2.05) is 0 Å². The van der Waals surface area contributed by atoms with Crippen molar-refractivity contribution in [2.45, 2.75) is 6.73 Å². The van der Waals surface area contributed by atoms with Gasteiger partial charge in [-0.1, -0.05) is 0 Å². The quantitative estimate of drug-likeness (QED) is 0.267. The van der Waals surface area contributed by atoms with Crippen LogP contribution in [-0.2, 0) is 20.6 Å². The van der Waals surface area contributed by atoms with Gasteiger partial charge in [0, 0.05) is 0 Å². The Balaban J connectivity index is 0.00000220. The fourth-order valence-electron chi connectivity index (χ4n) is 1.44. The molecule has 2 aromatic rings. The van der Waals surface area contributed by atoms with Crippen LogP contribution in [0.3, 0.4) is 0 Å². The third kappa shape index (κ3) is 5.52. The first-order chi connectivity index (χ1) is 9.37. The molecule has 11 nitrogen and oxygen atoms in total. The van der Waals surface area contributed by atoms with E-state index in [0.29, 0.717) is 0 Å². The number of hydrogen-bond donors (Lipinski definition) is 4. The van der Waals surface area contributed by atoms with Crippen LogP contribution in [0.5, 0.6) is 0 Å². The standard InChI is InChI=1S/C8H12N5O6P.K.H/c9-8-11-6-5(7(14)12-8)10-3-13(6)4-18-1-2-19-20(15,16)17;;/h3H,1-2,4H2,(H2,15,16,17)(H3,9,11,12,14);;. The Morgan fingerprint density at radius 3 is 2.81 bits per heavy atom. The predicted octanol–water partition coefficient (Wildman–Crippen LogP) is -1.86. The van der Waals surface area contributed by atoms with Gasteiger partial charge in [0.25, 0.3) is 5.56 Å². The summed E-state index contributed by atoms with van der Waals surface area (Å²) in [6.45, 7) is -0.340. The van der Waals surface area contributed by atoms with Gasteiger partial charge in [-0.25, -0.2) is 9.55 Å². The summed E-state index contributed by atoms with van der Waals surface area (Å²) in [6.07, 6.45) is 1.34. The second-order valence-electron chi connectivity index (χ2n) is 3.70. The van der Waals surface area contributed by atoms with Crippen LogP contribution in [0.1, 0.15) is 0 Å². The summed E-state index contributed by atoms with van der Waals surface area (Å²) in [5.74, 6) is -0.0471. The summed E-state index contributed by atoms with van der Waals surface area (Å²) in [6, 6.07) is 0. The van der Waals surface area contributed by atoms with Crippen molar-refractivity contribution in [3.63, 3.8) is 0 Å². The molecule has 13 heteroatoms. The molecule has 0 unspecified atom stereocenters. The molecular weight excluding hydrogens is 332 g/mol. The number of aromatic nitrogens is 4. The van der Waals surface area contributed by atoms with Crippen LogP contribution < -0.4 is 11.3 Å². The average Bonchev–Trinajstić information content (AvgIpc) is 2.70. The van der Waals surface area contributed by atoms with Gasteiger partial charge in [-0.2, -0.15) is 4.98 Å². The molecule has 21 heavy (non-hydrogen) atoms. The van der Waals surface area contributed by atoms with Gasteiger partial charge in [0.2, 0.25) is 5.95 Å². The van der Waals surface area contributed by atoms with Crippen molar-refractivity contribution in [3.8, 4) is 0 Å². The van der Waals surface area contributed by atoms with E-state index in [1.54, 1.807) is 0 Å². The number of nitrogens with one attached hydrogen (secondary N) is 1. The van der Waals surface area contributed by atoms with Gasteiger partial charge in [0.05, 0.1) is 19.5 Å². The summed E-state index contributed by atoms with van der Waals surface area (Å²) < 4.78 is 21.2. The Hall–Kier alpha value is -0.144. The van der Waals surface area contributed by atoms with Gasteiger partial charge in [-0.05, 0) is 0 Å². The van der Waals surface area contributed by atoms with Crippen LogP contribution >= 0.6 is 7.82 Å². The number of nitrogens with zero attached hydrogens (tertiary/aromatic N) is 3. The number of nitrogen functional groups attached to an aromatic ring is 1. The molecule has 5 N–H and O–H groups in total. The van der Waals surface area contributed by atoms with Crippen LogP contribution in [-0.4, -0.2) is 93.9 Å². The van der Waals surface area contributed by atoms with Crippen molar-refractivity contribution in [1.29, 1.82) is 0 Å². The monoisotopic (exact) mass is 345 g/mol. The topological polar surface area (TPSA) is 166 Å². The molecule has 2 rings (SSSR count). The number of rotatable bonds is 6. The van der Waals surface area contributed by atoms with Crippen molar-refractivity contribution in [1.82, 2.24) is 19.5 Å². The molecule has 0 saturated carbocycles. The maximum absolute atomic E-state index is 11.5. The molecule has 0 amide bonds. The van der Waals surface area contributed by atoms with Crippen LogP contribution in [0, 0.1) is 0 Å². The summed E-state index contributed by atoms with van der Waals surface area (Å²) in [7, 11) is -4.49. The number of aromatic amines is 1. The number of phosphoric acid groups is 1. The average molecular weight is 345 g/mol. The number of phosphoric ester groups is 1. The summed E-state index contributed by atoms with van der Waals surface area (Å²) in [5, 5.41) is 0. The zero-order chi connectivity index (χ0) is 14.8. The van der Waals surface area contributed by atoms with Crippen molar-refractivity contribution >= 4 is 76.3 Å². The van der Waals surface area contributed by atoms with Gasteiger partial charge in [0.1, 0.15) is 6.73 Å². The molecule has 112 valence electrons. The SMILES string of the molecule is Nc1nc2c(ncn2COCCOP(=O)(O)O)c(=O)[nH]1.[KH]. The van der Waals surface area contributed by atoms with E-state index >= 15 is 0 Å². The van der Waals surface area contributed by atoms with Gasteiger partial charge in [-0.15, -0.1) is 0 Å². The number of H-pyrrole nitrogens is 1. The van der Waals surface area contributed by atoms with Crippen molar-refractivity contribution in [2.24, 2.45) is 0 Å². The van der Waals surface area contributed by atoms with Gasteiger partial charge >= 0.3 is 59.2 Å². The van der Waals surface area contributed by atoms with E-state index in [-0.39, 0.29) is 88.4 Å². The second kappa shape index (κ2) is 7.92. The molecular formula is C8H13KN5O6P. The minimum absolute atomic E-state index is 0. The van der Waals surface area contributed by atoms with Gasteiger partial charge in [0.15, 0.2) is 11.2 Å². The fraction of sp³-hybridized carbons (Fsp3) is 0.375. The molecule has 0 saturated heterocycles. The van der Waals surface area contributed by atoms with E-state index in [2.05, 4.69) is 19.5 Å². The molecule has 0 atom stereocenters. The van der Waals surface area contributed by atoms with E-state index < -0.39 is 13.4 Å². The molecule has 0 radical (unpaired) electrons. The summed E-state index contributed by atoms with van der Waals surface area (Å²) in [5.41, 5.74) is 5.33. The Kier molecular flexibility index (Phi) is 7.13. The number of fused-ring (bicyclic) bond motifs is 1. The first-order valence-corrected chi connectivity index (χ1v) is 6.88. The van der Waals surface area contributed by atoms with Crippen molar-refractivity contribution in [2.75, 3.05) is 18.9 Å². The summed E-state index contributed by atoms with van der Waals surface area (Å²) >= 11 is 0. The van der Waals surface area contributed by atoms with E-state index in [0.717, 1.165) is 0 Å². The minimum atomic E-state index is -4.49. The van der Waals surface area contributed by atoms with E-state index in [9.17, 15) is 9.36 Å². The van der Waals surface area contributed by atoms with Gasteiger partial charge < -0.3 is 20.3 Å². The van der Waals surface area contributed by atoms with E-state index in [4.69, 9.17) is 20.3 Å². The zero-order valence-electron chi connectivity index (χ0n) is 10.1. The maximum atomic E-state index is 11.5. The molecule has 2 aromatic heterocycles. The normalized spacial score (nSPS) is 11.5. The van der Waals surface area contributed by atoms with Gasteiger partial charge in [-0.3, -0.25) is 18.9 Å². The van der Waals surface area contributed by atoms with Crippen molar-refractivity contribution in [3.05, 3.63) is 16.7 Å². The number of anilines is 1. The molecule has 0 aliphatic heterocycles. The molecule has 0 aromatic carbocycles. The number of nitrogens with two attached hydrogens (primary N) is 1. The first kappa shape index (κ1) is 18.9.